The van der Waals surface area contributed by atoms with E-state index in [0.717, 1.165) is 5.56 Å². The maximum absolute atomic E-state index is 13.0. The summed E-state index contributed by atoms with van der Waals surface area (Å²) in [5.41, 5.74) is 1.01. The first-order chi connectivity index (χ1) is 7.98. The minimum atomic E-state index is -2.49. The molecule has 1 aromatic rings. The van der Waals surface area contributed by atoms with Gasteiger partial charge in [-0.2, -0.15) is 0 Å². The van der Waals surface area contributed by atoms with Crippen molar-refractivity contribution in [1.82, 2.24) is 9.88 Å². The average Bonchev–Trinajstić information content (AvgIpc) is 2.29. The summed E-state index contributed by atoms with van der Waals surface area (Å²) in [4.78, 5) is 6.07. The van der Waals surface area contributed by atoms with E-state index in [4.69, 9.17) is 11.6 Å². The van der Waals surface area contributed by atoms with Crippen LogP contribution in [0.4, 0.5) is 8.78 Å². The minimum absolute atomic E-state index is 0.0572. The Hall–Kier alpha value is -0.740. The van der Waals surface area contributed by atoms with Crippen molar-refractivity contribution >= 4 is 11.6 Å². The van der Waals surface area contributed by atoms with Gasteiger partial charge in [0, 0.05) is 38.2 Å². The molecule has 0 saturated carbocycles. The molecule has 1 saturated heterocycles. The maximum atomic E-state index is 13.0. The molecule has 2 heterocycles. The molecule has 17 heavy (non-hydrogen) atoms. The fourth-order valence-corrected chi connectivity index (χ4v) is 2.20. The summed E-state index contributed by atoms with van der Waals surface area (Å²) in [7, 11) is 0. The van der Waals surface area contributed by atoms with Crippen LogP contribution in [0.1, 0.15) is 31.4 Å². The molecule has 5 heteroatoms. The fraction of sp³-hybridized carbons (Fsp3) is 0.583. The van der Waals surface area contributed by atoms with E-state index in [2.05, 4.69) is 9.88 Å². The number of hydrogen-bond donors (Lipinski definition) is 0. The highest BCUT2D eigenvalue weighted by atomic mass is 35.5. The Kier molecular flexibility index (Phi) is 3.64. The van der Waals surface area contributed by atoms with Crippen LogP contribution in [0, 0.1) is 0 Å². The van der Waals surface area contributed by atoms with E-state index < -0.39 is 5.92 Å². The van der Waals surface area contributed by atoms with Gasteiger partial charge in [-0.1, -0.05) is 17.7 Å². The quantitative estimate of drug-likeness (QED) is 0.757. The largest absolute Gasteiger partial charge is 0.296 e. The summed E-state index contributed by atoms with van der Waals surface area (Å²) in [6, 6.07) is 3.73. The van der Waals surface area contributed by atoms with E-state index in [1.165, 1.54) is 0 Å². The van der Waals surface area contributed by atoms with Crippen LogP contribution in [-0.4, -0.2) is 28.9 Å². The lowest BCUT2D eigenvalue weighted by atomic mass is 10.0. The number of halogens is 3. The molecule has 1 fully saturated rings. The average molecular weight is 261 g/mol. The standard InChI is InChI=1S/C12H15ClF2N2/c1-9(10-2-3-11(13)16-8-10)17-6-4-12(14,15)5-7-17/h2-3,8-9H,4-7H2,1H3. The van der Waals surface area contributed by atoms with Crippen LogP contribution < -0.4 is 0 Å². The summed E-state index contributed by atoms with van der Waals surface area (Å²) >= 11 is 5.72. The van der Waals surface area contributed by atoms with Gasteiger partial charge in [0.25, 0.3) is 5.92 Å². The van der Waals surface area contributed by atoms with Crippen molar-refractivity contribution < 1.29 is 8.78 Å². The van der Waals surface area contributed by atoms with Crippen LogP contribution in [0.2, 0.25) is 5.15 Å². The number of alkyl halides is 2. The summed E-state index contributed by atoms with van der Waals surface area (Å²) < 4.78 is 26.1. The smallest absolute Gasteiger partial charge is 0.250 e. The van der Waals surface area contributed by atoms with Gasteiger partial charge in [-0.25, -0.2) is 13.8 Å². The molecule has 0 amide bonds. The molecule has 0 N–H and O–H groups in total. The van der Waals surface area contributed by atoms with E-state index in [0.29, 0.717) is 18.2 Å². The van der Waals surface area contributed by atoms with E-state index in [1.807, 2.05) is 13.0 Å². The molecule has 1 aliphatic heterocycles. The van der Waals surface area contributed by atoms with Gasteiger partial charge in [-0.3, -0.25) is 4.90 Å². The minimum Gasteiger partial charge on any atom is -0.296 e. The number of likely N-dealkylation sites (tertiary alicyclic amines) is 1. The Morgan fingerprint density at radius 1 is 1.35 bits per heavy atom. The summed E-state index contributed by atoms with van der Waals surface area (Å²) in [6.07, 6.45) is 1.59. The van der Waals surface area contributed by atoms with Gasteiger partial charge >= 0.3 is 0 Å². The first-order valence-corrected chi connectivity index (χ1v) is 6.09. The molecule has 0 aromatic carbocycles. The Labute approximate surface area is 105 Å². The number of piperidine rings is 1. The van der Waals surface area contributed by atoms with Crippen molar-refractivity contribution in [2.24, 2.45) is 0 Å². The van der Waals surface area contributed by atoms with E-state index in [1.54, 1.807) is 12.3 Å². The van der Waals surface area contributed by atoms with Gasteiger partial charge in [0.15, 0.2) is 0 Å². The van der Waals surface area contributed by atoms with Crippen molar-refractivity contribution in [2.75, 3.05) is 13.1 Å². The highest BCUT2D eigenvalue weighted by Crippen LogP contribution is 2.32. The number of hydrogen-bond acceptors (Lipinski definition) is 2. The fourth-order valence-electron chi connectivity index (χ4n) is 2.08. The zero-order valence-electron chi connectivity index (χ0n) is 9.67. The molecular formula is C12H15ClF2N2. The highest BCUT2D eigenvalue weighted by molar-refractivity contribution is 6.29. The van der Waals surface area contributed by atoms with Gasteiger partial charge in [-0.15, -0.1) is 0 Å². The van der Waals surface area contributed by atoms with Gasteiger partial charge in [0.2, 0.25) is 0 Å². The second kappa shape index (κ2) is 4.86. The predicted octanol–water partition coefficient (Wildman–Crippen LogP) is 3.53. The number of rotatable bonds is 2. The first kappa shape index (κ1) is 12.7. The van der Waals surface area contributed by atoms with Gasteiger partial charge < -0.3 is 0 Å². The summed E-state index contributed by atoms with van der Waals surface area (Å²) in [6.45, 7) is 2.86. The number of aromatic nitrogens is 1. The maximum Gasteiger partial charge on any atom is 0.250 e. The third-order valence-corrected chi connectivity index (χ3v) is 3.53. The van der Waals surface area contributed by atoms with E-state index in [-0.39, 0.29) is 18.9 Å². The Balaban J connectivity index is 2.01. The van der Waals surface area contributed by atoms with Crippen LogP contribution in [0.5, 0.6) is 0 Å². The molecule has 0 bridgehead atoms. The van der Waals surface area contributed by atoms with Gasteiger partial charge in [0.1, 0.15) is 5.15 Å². The van der Waals surface area contributed by atoms with Crippen molar-refractivity contribution in [1.29, 1.82) is 0 Å². The lowest BCUT2D eigenvalue weighted by molar-refractivity contribution is -0.0620. The lowest BCUT2D eigenvalue weighted by Gasteiger charge is -2.35. The third-order valence-electron chi connectivity index (χ3n) is 3.31. The van der Waals surface area contributed by atoms with Gasteiger partial charge in [-0.05, 0) is 18.6 Å². The molecule has 2 nitrogen and oxygen atoms in total. The van der Waals surface area contributed by atoms with Crippen LogP contribution in [0.25, 0.3) is 0 Å². The van der Waals surface area contributed by atoms with Crippen LogP contribution in [-0.2, 0) is 0 Å². The normalized spacial score (nSPS) is 22.4. The molecule has 1 unspecified atom stereocenters. The highest BCUT2D eigenvalue weighted by Gasteiger charge is 2.35. The van der Waals surface area contributed by atoms with Gasteiger partial charge in [0.05, 0.1) is 0 Å². The second-order valence-electron chi connectivity index (χ2n) is 4.48. The SMILES string of the molecule is CC(c1ccc(Cl)nc1)N1CCC(F)(F)CC1. The molecule has 1 aromatic heterocycles. The molecular weight excluding hydrogens is 246 g/mol. The Morgan fingerprint density at radius 3 is 2.53 bits per heavy atom. The molecule has 1 atom stereocenters. The van der Waals surface area contributed by atoms with Crippen LogP contribution in [0.3, 0.4) is 0 Å². The van der Waals surface area contributed by atoms with Crippen LogP contribution >= 0.6 is 11.6 Å². The van der Waals surface area contributed by atoms with Crippen LogP contribution in [0.15, 0.2) is 18.3 Å². The molecule has 0 spiro atoms. The van der Waals surface area contributed by atoms with E-state index in [9.17, 15) is 8.78 Å². The second-order valence-corrected chi connectivity index (χ2v) is 4.87. The number of pyridine rings is 1. The summed E-state index contributed by atoms with van der Waals surface area (Å²) in [5, 5.41) is 0.450. The zero-order chi connectivity index (χ0) is 12.5. The molecule has 0 aliphatic carbocycles. The monoisotopic (exact) mass is 260 g/mol. The lowest BCUT2D eigenvalue weighted by Crippen LogP contribution is -2.40. The van der Waals surface area contributed by atoms with E-state index >= 15 is 0 Å². The molecule has 94 valence electrons. The Bertz CT molecular complexity index is 371. The van der Waals surface area contributed by atoms with Crippen molar-refractivity contribution in [3.05, 3.63) is 29.0 Å². The summed E-state index contributed by atoms with van der Waals surface area (Å²) in [5.74, 6) is -2.49. The zero-order valence-corrected chi connectivity index (χ0v) is 10.4. The molecule has 2 rings (SSSR count). The van der Waals surface area contributed by atoms with Crippen molar-refractivity contribution in [2.45, 2.75) is 31.7 Å². The molecule has 0 radical (unpaired) electrons. The first-order valence-electron chi connectivity index (χ1n) is 5.71. The van der Waals surface area contributed by atoms with Crippen molar-refractivity contribution in [3.63, 3.8) is 0 Å². The predicted molar refractivity (Wildman–Crippen MR) is 63.4 cm³/mol. The Morgan fingerprint density at radius 2 is 2.00 bits per heavy atom. The van der Waals surface area contributed by atoms with Crippen molar-refractivity contribution in [3.8, 4) is 0 Å². The topological polar surface area (TPSA) is 16.1 Å². The molecule has 1 aliphatic rings. The third kappa shape index (κ3) is 3.13. The number of nitrogens with zero attached hydrogens (tertiary/aromatic N) is 2.